The predicted molar refractivity (Wildman–Crippen MR) is 116 cm³/mol. The van der Waals surface area contributed by atoms with Gasteiger partial charge in [-0.05, 0) is 42.0 Å². The maximum absolute atomic E-state index is 13.2. The minimum atomic E-state index is -5.08. The van der Waals surface area contributed by atoms with Crippen LogP contribution >= 0.6 is 24.0 Å². The number of benzene rings is 2. The van der Waals surface area contributed by atoms with Crippen LogP contribution in [0, 0.1) is 0 Å². The Morgan fingerprint density at radius 1 is 1.06 bits per heavy atom. The smallest absolute Gasteiger partial charge is 0.416 e. The van der Waals surface area contributed by atoms with E-state index in [-0.39, 0.29) is 39.9 Å². The van der Waals surface area contributed by atoms with E-state index in [1.165, 1.54) is 18.2 Å². The van der Waals surface area contributed by atoms with Crippen LogP contribution in [0.2, 0.25) is 0 Å². The van der Waals surface area contributed by atoms with Crippen molar-refractivity contribution >= 4 is 51.9 Å². The molecule has 1 fully saturated rings. The number of ether oxygens (including phenoxy) is 1. The minimum Gasteiger partial charge on any atom is -0.490 e. The van der Waals surface area contributed by atoms with Gasteiger partial charge in [-0.15, -0.1) is 0 Å². The van der Waals surface area contributed by atoms with Crippen LogP contribution in [0.3, 0.4) is 0 Å². The van der Waals surface area contributed by atoms with Gasteiger partial charge in [0.2, 0.25) is 0 Å². The number of hydrogen-bond acceptors (Lipinski definition) is 5. The molecule has 178 valence electrons. The number of thiocarbonyl (C=S) groups is 1. The first-order valence-corrected chi connectivity index (χ1v) is 10.7. The number of anilines is 1. The van der Waals surface area contributed by atoms with Crippen molar-refractivity contribution < 1.29 is 40.7 Å². The number of thioether (sulfide) groups is 1. The number of amides is 2. The van der Waals surface area contributed by atoms with Gasteiger partial charge in [-0.2, -0.15) is 26.3 Å². The number of hydrogen-bond donors (Lipinski definition) is 1. The molecule has 1 N–H and O–H groups in total. The first-order valence-electron chi connectivity index (χ1n) is 9.46. The summed E-state index contributed by atoms with van der Waals surface area (Å²) in [5.41, 5.74) is -3.35. The van der Waals surface area contributed by atoms with Crippen molar-refractivity contribution in [1.82, 2.24) is 5.32 Å². The topological polar surface area (TPSA) is 58.6 Å². The van der Waals surface area contributed by atoms with E-state index in [0.717, 1.165) is 16.7 Å². The molecule has 0 aliphatic carbocycles. The summed E-state index contributed by atoms with van der Waals surface area (Å²) >= 11 is 5.95. The third kappa shape index (κ3) is 4.89. The second kappa shape index (κ2) is 8.62. The van der Waals surface area contributed by atoms with E-state index in [9.17, 15) is 35.9 Å². The summed E-state index contributed by atoms with van der Waals surface area (Å²) in [6.07, 6.45) is -8.68. The SMILES string of the molecule is O=C1NC(=S)SC1=Cc1ccc2c(c1)N(C(=O)c1cc(C(F)(F)F)cc(C(F)(F)F)c1)CCO2. The highest BCUT2D eigenvalue weighted by molar-refractivity contribution is 8.26. The van der Waals surface area contributed by atoms with Crippen molar-refractivity contribution in [3.05, 3.63) is 63.6 Å². The van der Waals surface area contributed by atoms with Crippen LogP contribution in [-0.2, 0) is 17.1 Å². The Balaban J connectivity index is 1.75. The van der Waals surface area contributed by atoms with E-state index in [1.807, 2.05) is 0 Å². The number of carbonyl (C=O) groups is 2. The van der Waals surface area contributed by atoms with Crippen LogP contribution in [0.1, 0.15) is 27.0 Å². The Kier molecular flexibility index (Phi) is 6.10. The van der Waals surface area contributed by atoms with E-state index in [4.69, 9.17) is 17.0 Å². The Labute approximate surface area is 197 Å². The summed E-state index contributed by atoms with van der Waals surface area (Å²) in [6, 6.07) is 5.26. The predicted octanol–water partition coefficient (Wildman–Crippen LogP) is 5.25. The van der Waals surface area contributed by atoms with Crippen molar-refractivity contribution in [2.24, 2.45) is 0 Å². The van der Waals surface area contributed by atoms with Crippen molar-refractivity contribution in [3.63, 3.8) is 0 Å². The first-order chi connectivity index (χ1) is 15.8. The van der Waals surface area contributed by atoms with Crippen LogP contribution in [-0.4, -0.2) is 29.3 Å². The summed E-state index contributed by atoms with van der Waals surface area (Å²) < 4.78 is 85.1. The lowest BCUT2D eigenvalue weighted by Crippen LogP contribution is -2.38. The fraction of sp³-hybridized carbons (Fsp3) is 0.190. The van der Waals surface area contributed by atoms with Crippen molar-refractivity contribution in [1.29, 1.82) is 0 Å². The van der Waals surface area contributed by atoms with E-state index in [2.05, 4.69) is 5.32 Å². The summed E-state index contributed by atoms with van der Waals surface area (Å²) in [4.78, 5) is 26.3. The van der Waals surface area contributed by atoms with E-state index in [0.29, 0.717) is 17.7 Å². The fourth-order valence-electron chi connectivity index (χ4n) is 3.34. The van der Waals surface area contributed by atoms with Crippen LogP contribution in [0.25, 0.3) is 6.08 Å². The molecule has 1 saturated heterocycles. The molecule has 2 aliphatic rings. The van der Waals surface area contributed by atoms with Gasteiger partial charge in [0.25, 0.3) is 11.8 Å². The van der Waals surface area contributed by atoms with Gasteiger partial charge in [0.15, 0.2) is 0 Å². The van der Waals surface area contributed by atoms with Crippen molar-refractivity contribution in [3.8, 4) is 5.75 Å². The third-order valence-corrected chi connectivity index (χ3v) is 6.03. The van der Waals surface area contributed by atoms with Crippen molar-refractivity contribution in [2.45, 2.75) is 12.4 Å². The summed E-state index contributed by atoms with van der Waals surface area (Å²) in [7, 11) is 0. The molecular formula is C21H12F6N2O3S2. The number of halogens is 6. The highest BCUT2D eigenvalue weighted by atomic mass is 32.2. The van der Waals surface area contributed by atoms with Gasteiger partial charge < -0.3 is 15.0 Å². The molecule has 34 heavy (non-hydrogen) atoms. The average molecular weight is 518 g/mol. The second-order valence-electron chi connectivity index (χ2n) is 7.18. The zero-order valence-corrected chi connectivity index (χ0v) is 18.3. The van der Waals surface area contributed by atoms with E-state index < -0.39 is 40.9 Å². The van der Waals surface area contributed by atoms with Crippen LogP contribution in [0.5, 0.6) is 5.75 Å². The maximum Gasteiger partial charge on any atom is 0.416 e. The molecule has 0 bridgehead atoms. The standard InChI is InChI=1S/C21H12F6N2O3S2/c22-20(23,24)12-7-11(8-13(9-12)21(25,26)27)18(31)29-3-4-32-15-2-1-10(5-14(15)29)6-16-17(30)28-19(33)34-16/h1-2,5-9H,3-4H2,(H,28,30,33). The monoisotopic (exact) mass is 518 g/mol. The normalized spacial score (nSPS) is 17.5. The van der Waals surface area contributed by atoms with Crippen LogP contribution in [0.15, 0.2) is 41.3 Å². The number of fused-ring (bicyclic) bond motifs is 1. The number of nitrogens with zero attached hydrogens (tertiary/aromatic N) is 1. The largest absolute Gasteiger partial charge is 0.490 e. The lowest BCUT2D eigenvalue weighted by molar-refractivity contribution is -0.143. The molecule has 0 aromatic heterocycles. The maximum atomic E-state index is 13.2. The molecule has 2 heterocycles. The zero-order valence-electron chi connectivity index (χ0n) is 16.7. The van der Waals surface area contributed by atoms with Gasteiger partial charge in [0, 0.05) is 5.56 Å². The molecule has 4 rings (SSSR count). The van der Waals surface area contributed by atoms with Crippen LogP contribution < -0.4 is 15.0 Å². The Morgan fingerprint density at radius 2 is 1.71 bits per heavy atom. The lowest BCUT2D eigenvalue weighted by Gasteiger charge is -2.30. The molecule has 5 nitrogen and oxygen atoms in total. The molecule has 0 atom stereocenters. The number of carbonyl (C=O) groups excluding carboxylic acids is 2. The summed E-state index contributed by atoms with van der Waals surface area (Å²) in [5.74, 6) is -1.26. The molecule has 0 radical (unpaired) electrons. The molecule has 0 unspecified atom stereocenters. The lowest BCUT2D eigenvalue weighted by atomic mass is 10.0. The molecule has 0 spiro atoms. The van der Waals surface area contributed by atoms with Gasteiger partial charge in [0.1, 0.15) is 16.7 Å². The Bertz CT molecular complexity index is 1210. The quantitative estimate of drug-likeness (QED) is 0.334. The van der Waals surface area contributed by atoms with Gasteiger partial charge in [-0.3, -0.25) is 9.59 Å². The Morgan fingerprint density at radius 3 is 2.26 bits per heavy atom. The molecule has 2 aliphatic heterocycles. The molecule has 2 aromatic rings. The van der Waals surface area contributed by atoms with Crippen LogP contribution in [0.4, 0.5) is 32.0 Å². The molecule has 0 saturated carbocycles. The fourth-order valence-corrected chi connectivity index (χ4v) is 4.39. The highest BCUT2D eigenvalue weighted by Crippen LogP contribution is 2.39. The van der Waals surface area contributed by atoms with Crippen molar-refractivity contribution in [2.75, 3.05) is 18.1 Å². The number of rotatable bonds is 2. The number of nitrogens with one attached hydrogen (secondary N) is 1. The van der Waals surface area contributed by atoms with Gasteiger partial charge in [-0.25, -0.2) is 0 Å². The highest BCUT2D eigenvalue weighted by Gasteiger charge is 2.38. The number of alkyl halides is 6. The average Bonchev–Trinajstić information content (AvgIpc) is 3.07. The van der Waals surface area contributed by atoms with E-state index in [1.54, 1.807) is 6.07 Å². The second-order valence-corrected chi connectivity index (χ2v) is 8.90. The molecule has 2 amide bonds. The Hall–Kier alpha value is -3.06. The summed E-state index contributed by atoms with van der Waals surface area (Å²) in [6.45, 7) is -0.125. The minimum absolute atomic E-state index is 0.0171. The van der Waals surface area contributed by atoms with Gasteiger partial charge in [0.05, 0.1) is 28.3 Å². The van der Waals surface area contributed by atoms with E-state index >= 15 is 0 Å². The third-order valence-electron chi connectivity index (χ3n) is 4.87. The van der Waals surface area contributed by atoms with Gasteiger partial charge >= 0.3 is 12.4 Å². The zero-order chi connectivity index (χ0) is 24.8. The molecular weight excluding hydrogens is 506 g/mol. The first kappa shape index (κ1) is 24.1. The van der Waals surface area contributed by atoms with Gasteiger partial charge in [-0.1, -0.05) is 30.0 Å². The summed E-state index contributed by atoms with van der Waals surface area (Å²) in [5, 5.41) is 2.45. The molecule has 13 heteroatoms. The molecule has 2 aromatic carbocycles.